The zero-order valence-corrected chi connectivity index (χ0v) is 13.2. The fourth-order valence-corrected chi connectivity index (χ4v) is 2.55. The van der Waals surface area contributed by atoms with Crippen molar-refractivity contribution in [1.29, 1.82) is 0 Å². The predicted octanol–water partition coefficient (Wildman–Crippen LogP) is 0.0733. The molecule has 0 unspecified atom stereocenters. The van der Waals surface area contributed by atoms with Crippen LogP contribution in [0.1, 0.15) is 38.5 Å². The van der Waals surface area contributed by atoms with Crippen molar-refractivity contribution in [3.8, 4) is 0 Å². The van der Waals surface area contributed by atoms with Crippen molar-refractivity contribution in [1.82, 2.24) is 0 Å². The van der Waals surface area contributed by atoms with Gasteiger partial charge in [0.25, 0.3) is 0 Å². The van der Waals surface area contributed by atoms with Gasteiger partial charge in [-0.3, -0.25) is 0 Å². The quantitative estimate of drug-likeness (QED) is 0.288. The molecule has 1 rings (SSSR count). The van der Waals surface area contributed by atoms with E-state index in [0.717, 1.165) is 31.4 Å². The zero-order chi connectivity index (χ0) is 15.7. The van der Waals surface area contributed by atoms with Gasteiger partial charge in [0.05, 0.1) is 6.61 Å². The van der Waals surface area contributed by atoms with Gasteiger partial charge in [0, 0.05) is 6.61 Å². The van der Waals surface area contributed by atoms with E-state index in [2.05, 4.69) is 12.6 Å². The minimum absolute atomic E-state index is 0.412. The van der Waals surface area contributed by atoms with E-state index in [-0.39, 0.29) is 0 Å². The van der Waals surface area contributed by atoms with E-state index in [9.17, 15) is 15.3 Å². The lowest BCUT2D eigenvalue weighted by Gasteiger charge is -2.39. The lowest BCUT2D eigenvalue weighted by Crippen LogP contribution is -2.59. The van der Waals surface area contributed by atoms with E-state index in [1.54, 1.807) is 0 Å². The summed E-state index contributed by atoms with van der Waals surface area (Å²) in [6.45, 7) is -0.0226. The van der Waals surface area contributed by atoms with Crippen LogP contribution in [0, 0.1) is 0 Å². The Morgan fingerprint density at radius 2 is 1.48 bits per heavy atom. The summed E-state index contributed by atoms with van der Waals surface area (Å²) in [5, 5.41) is 38.1. The second kappa shape index (κ2) is 10.8. The van der Waals surface area contributed by atoms with Crippen LogP contribution in [-0.4, -0.2) is 70.1 Å². The Morgan fingerprint density at radius 3 is 2.10 bits per heavy atom. The van der Waals surface area contributed by atoms with Crippen LogP contribution in [0.2, 0.25) is 0 Å². The number of hydrogen-bond donors (Lipinski definition) is 5. The van der Waals surface area contributed by atoms with Gasteiger partial charge in [-0.05, 0) is 18.6 Å². The smallest absolute Gasteiger partial charge is 0.186 e. The van der Waals surface area contributed by atoms with Gasteiger partial charge >= 0.3 is 0 Å². The molecular weight excluding hydrogens is 296 g/mol. The van der Waals surface area contributed by atoms with E-state index in [1.807, 2.05) is 0 Å². The van der Waals surface area contributed by atoms with Gasteiger partial charge in [0.2, 0.25) is 0 Å². The SMILES string of the molecule is OC[C@H]1O[C@@H](OCCCCCCCCS)[C@H](O)[C@@H](O)[C@@H]1O. The van der Waals surface area contributed by atoms with E-state index >= 15 is 0 Å². The molecule has 21 heavy (non-hydrogen) atoms. The number of unbranched alkanes of at least 4 members (excludes halogenated alkanes) is 5. The standard InChI is InChI=1S/C14H28O6S/c15-9-10-11(16)12(17)13(18)14(20-10)19-7-5-3-1-2-4-6-8-21/h10-18,21H,1-9H2/t10-,11-,12+,13-,14-/m1/s1. The highest BCUT2D eigenvalue weighted by Crippen LogP contribution is 2.22. The summed E-state index contributed by atoms with van der Waals surface area (Å²) in [4.78, 5) is 0. The maximum Gasteiger partial charge on any atom is 0.186 e. The number of aliphatic hydroxyl groups excluding tert-OH is 4. The molecule has 0 bridgehead atoms. The first-order valence-corrected chi connectivity index (χ1v) is 8.28. The van der Waals surface area contributed by atoms with E-state index in [4.69, 9.17) is 14.6 Å². The van der Waals surface area contributed by atoms with Gasteiger partial charge in [-0.15, -0.1) is 0 Å². The molecule has 0 aromatic rings. The summed E-state index contributed by atoms with van der Waals surface area (Å²) >= 11 is 4.16. The van der Waals surface area contributed by atoms with E-state index in [1.165, 1.54) is 12.8 Å². The minimum atomic E-state index is -1.37. The number of aliphatic hydroxyl groups is 4. The Labute approximate surface area is 131 Å². The lowest BCUT2D eigenvalue weighted by atomic mass is 9.99. The molecule has 126 valence electrons. The molecule has 1 aliphatic rings. The molecule has 0 spiro atoms. The summed E-state index contributed by atoms with van der Waals surface area (Å²) < 4.78 is 10.7. The maximum absolute atomic E-state index is 9.77. The molecule has 0 aromatic heterocycles. The predicted molar refractivity (Wildman–Crippen MR) is 81.3 cm³/mol. The maximum atomic E-state index is 9.77. The largest absolute Gasteiger partial charge is 0.394 e. The number of thiol groups is 1. The molecule has 0 radical (unpaired) electrons. The highest BCUT2D eigenvalue weighted by Gasteiger charge is 2.43. The van der Waals surface area contributed by atoms with Gasteiger partial charge in [-0.25, -0.2) is 0 Å². The lowest BCUT2D eigenvalue weighted by molar-refractivity contribution is -0.301. The fourth-order valence-electron chi connectivity index (χ4n) is 2.33. The first kappa shape index (κ1) is 19.2. The van der Waals surface area contributed by atoms with Crippen molar-refractivity contribution in [3.05, 3.63) is 0 Å². The van der Waals surface area contributed by atoms with Crippen molar-refractivity contribution in [2.45, 2.75) is 69.2 Å². The molecule has 6 nitrogen and oxygen atoms in total. The normalized spacial score (nSPS) is 33.3. The molecule has 1 saturated heterocycles. The highest BCUT2D eigenvalue weighted by atomic mass is 32.1. The molecular formula is C14H28O6S. The molecule has 4 N–H and O–H groups in total. The topological polar surface area (TPSA) is 99.4 Å². The minimum Gasteiger partial charge on any atom is -0.394 e. The third-order valence-electron chi connectivity index (χ3n) is 3.68. The fraction of sp³-hybridized carbons (Fsp3) is 1.00. The molecule has 1 heterocycles. The average Bonchev–Trinajstić information content (AvgIpc) is 2.49. The molecule has 1 aliphatic heterocycles. The summed E-state index contributed by atoms with van der Waals surface area (Å²) in [6.07, 6.45) is 0.588. The molecule has 0 saturated carbocycles. The third-order valence-corrected chi connectivity index (χ3v) is 4.00. The average molecular weight is 324 g/mol. The second-order valence-electron chi connectivity index (χ2n) is 5.41. The van der Waals surface area contributed by atoms with Crippen LogP contribution in [-0.2, 0) is 9.47 Å². The Balaban J connectivity index is 2.16. The van der Waals surface area contributed by atoms with Crippen LogP contribution < -0.4 is 0 Å². The zero-order valence-electron chi connectivity index (χ0n) is 12.3. The van der Waals surface area contributed by atoms with Gasteiger partial charge in [-0.2, -0.15) is 12.6 Å². The number of hydrogen-bond acceptors (Lipinski definition) is 7. The van der Waals surface area contributed by atoms with Crippen LogP contribution in [0.4, 0.5) is 0 Å². The van der Waals surface area contributed by atoms with Crippen molar-refractivity contribution < 1.29 is 29.9 Å². The van der Waals surface area contributed by atoms with Gasteiger partial charge < -0.3 is 29.9 Å². The van der Waals surface area contributed by atoms with Crippen LogP contribution in [0.25, 0.3) is 0 Å². The molecule has 0 aliphatic carbocycles. The molecule has 5 atom stereocenters. The Bertz CT molecular complexity index is 266. The van der Waals surface area contributed by atoms with Crippen molar-refractivity contribution in [2.24, 2.45) is 0 Å². The Morgan fingerprint density at radius 1 is 0.857 bits per heavy atom. The molecule has 0 aromatic carbocycles. The summed E-state index contributed by atoms with van der Waals surface area (Å²) in [5.41, 5.74) is 0. The van der Waals surface area contributed by atoms with Crippen molar-refractivity contribution in [2.75, 3.05) is 19.0 Å². The Hall–Kier alpha value is 0.110. The molecule has 1 fully saturated rings. The van der Waals surface area contributed by atoms with Crippen molar-refractivity contribution in [3.63, 3.8) is 0 Å². The van der Waals surface area contributed by atoms with Crippen molar-refractivity contribution >= 4 is 12.6 Å². The van der Waals surface area contributed by atoms with E-state index < -0.39 is 37.3 Å². The third kappa shape index (κ3) is 6.40. The van der Waals surface area contributed by atoms with Crippen LogP contribution >= 0.6 is 12.6 Å². The monoisotopic (exact) mass is 324 g/mol. The highest BCUT2D eigenvalue weighted by molar-refractivity contribution is 7.80. The van der Waals surface area contributed by atoms with Gasteiger partial charge in [0.1, 0.15) is 24.4 Å². The van der Waals surface area contributed by atoms with E-state index in [0.29, 0.717) is 6.61 Å². The van der Waals surface area contributed by atoms with Gasteiger partial charge in [-0.1, -0.05) is 25.7 Å². The summed E-state index contributed by atoms with van der Waals surface area (Å²) in [7, 11) is 0. The number of rotatable bonds is 10. The molecule has 0 amide bonds. The molecule has 7 heteroatoms. The Kier molecular flexibility index (Phi) is 9.83. The summed E-state index contributed by atoms with van der Waals surface area (Å²) in [5.74, 6) is 0.931. The first-order valence-electron chi connectivity index (χ1n) is 7.64. The van der Waals surface area contributed by atoms with Crippen LogP contribution in [0.15, 0.2) is 0 Å². The first-order chi connectivity index (χ1) is 10.1. The van der Waals surface area contributed by atoms with Crippen LogP contribution in [0.3, 0.4) is 0 Å². The van der Waals surface area contributed by atoms with Crippen LogP contribution in [0.5, 0.6) is 0 Å². The summed E-state index contributed by atoms with van der Waals surface area (Å²) in [6, 6.07) is 0. The number of ether oxygens (including phenoxy) is 2. The second-order valence-corrected chi connectivity index (χ2v) is 5.86. The van der Waals surface area contributed by atoms with Gasteiger partial charge in [0.15, 0.2) is 6.29 Å².